The van der Waals surface area contributed by atoms with Gasteiger partial charge in [-0.15, -0.1) is 24.8 Å². The number of halogens is 2. The van der Waals surface area contributed by atoms with E-state index in [0.29, 0.717) is 17.9 Å². The van der Waals surface area contributed by atoms with Gasteiger partial charge in [-0.25, -0.2) is 4.98 Å². The Balaban J connectivity index is 0.00000144. The van der Waals surface area contributed by atoms with Crippen LogP contribution in [0.25, 0.3) is 0 Å². The van der Waals surface area contributed by atoms with Gasteiger partial charge in [-0.3, -0.25) is 0 Å². The van der Waals surface area contributed by atoms with E-state index >= 15 is 0 Å². The summed E-state index contributed by atoms with van der Waals surface area (Å²) < 4.78 is 0. The fourth-order valence-corrected chi connectivity index (χ4v) is 3.85. The van der Waals surface area contributed by atoms with Gasteiger partial charge in [-0.1, -0.05) is 12.8 Å². The molecule has 0 radical (unpaired) electrons. The highest BCUT2D eigenvalue weighted by atomic mass is 35.5. The minimum absolute atomic E-state index is 0. The Kier molecular flexibility index (Phi) is 7.53. The highest BCUT2D eigenvalue weighted by Gasteiger charge is 2.35. The van der Waals surface area contributed by atoms with E-state index < -0.39 is 0 Å². The lowest BCUT2D eigenvalue weighted by Crippen LogP contribution is -2.37. The van der Waals surface area contributed by atoms with Gasteiger partial charge in [0.2, 0.25) is 5.95 Å². The molecule has 8 heteroatoms. The SMILES string of the molecule is CN(CC1(CO)CCCC1)c1cc(C2CC(N)C2)nc(N)n1.Cl.Cl. The molecule has 6 nitrogen and oxygen atoms in total. The summed E-state index contributed by atoms with van der Waals surface area (Å²) in [4.78, 5) is 10.9. The quantitative estimate of drug-likeness (QED) is 0.725. The maximum atomic E-state index is 9.79. The monoisotopic (exact) mass is 377 g/mol. The number of hydrogen-bond donors (Lipinski definition) is 3. The predicted octanol–water partition coefficient (Wildman–Crippen LogP) is 2.10. The van der Waals surface area contributed by atoms with Crippen molar-refractivity contribution in [2.45, 2.75) is 50.5 Å². The smallest absolute Gasteiger partial charge is 0.222 e. The molecule has 24 heavy (non-hydrogen) atoms. The Morgan fingerprint density at radius 1 is 1.25 bits per heavy atom. The Bertz CT molecular complexity index is 533. The molecular weight excluding hydrogens is 349 g/mol. The van der Waals surface area contributed by atoms with Crippen LogP contribution in [0.3, 0.4) is 0 Å². The maximum absolute atomic E-state index is 9.79. The molecule has 2 aliphatic rings. The number of rotatable bonds is 5. The van der Waals surface area contributed by atoms with E-state index in [4.69, 9.17) is 11.5 Å². The normalized spacial score (nSPS) is 24.5. The lowest BCUT2D eigenvalue weighted by molar-refractivity contribution is 0.136. The zero-order chi connectivity index (χ0) is 15.7. The first kappa shape index (κ1) is 21.2. The lowest BCUT2D eigenvalue weighted by Gasteiger charge is -2.34. The Labute approximate surface area is 156 Å². The Morgan fingerprint density at radius 3 is 2.42 bits per heavy atom. The molecule has 0 aromatic carbocycles. The molecule has 2 aliphatic carbocycles. The zero-order valence-corrected chi connectivity index (χ0v) is 15.8. The van der Waals surface area contributed by atoms with Gasteiger partial charge in [-0.2, -0.15) is 4.98 Å². The van der Waals surface area contributed by atoms with E-state index in [1.54, 1.807) is 0 Å². The van der Waals surface area contributed by atoms with Crippen LogP contribution in [0.15, 0.2) is 6.07 Å². The average molecular weight is 378 g/mol. The van der Waals surface area contributed by atoms with Gasteiger partial charge >= 0.3 is 0 Å². The molecule has 0 bridgehead atoms. The van der Waals surface area contributed by atoms with Crippen LogP contribution in [-0.2, 0) is 0 Å². The number of nitrogens with two attached hydrogens (primary N) is 2. The lowest BCUT2D eigenvalue weighted by atomic mass is 9.78. The van der Waals surface area contributed by atoms with Gasteiger partial charge < -0.3 is 21.5 Å². The molecule has 2 fully saturated rings. The minimum atomic E-state index is 0. The van der Waals surface area contributed by atoms with E-state index in [1.807, 2.05) is 13.1 Å². The number of aliphatic hydroxyl groups excluding tert-OH is 1. The highest BCUT2D eigenvalue weighted by molar-refractivity contribution is 5.85. The summed E-state index contributed by atoms with van der Waals surface area (Å²) >= 11 is 0. The molecule has 1 aromatic rings. The molecule has 3 rings (SSSR count). The van der Waals surface area contributed by atoms with Crippen LogP contribution in [0.2, 0.25) is 0 Å². The van der Waals surface area contributed by atoms with Crippen LogP contribution in [0.1, 0.15) is 50.1 Å². The number of aliphatic hydroxyl groups is 1. The predicted molar refractivity (Wildman–Crippen MR) is 102 cm³/mol. The molecule has 0 spiro atoms. The van der Waals surface area contributed by atoms with E-state index in [1.165, 1.54) is 12.8 Å². The summed E-state index contributed by atoms with van der Waals surface area (Å²) in [5.41, 5.74) is 12.8. The average Bonchev–Trinajstić information content (AvgIpc) is 2.92. The van der Waals surface area contributed by atoms with E-state index in [2.05, 4.69) is 14.9 Å². The number of nitrogens with zero attached hydrogens (tertiary/aromatic N) is 3. The second kappa shape index (κ2) is 8.52. The van der Waals surface area contributed by atoms with E-state index in [9.17, 15) is 5.11 Å². The first-order chi connectivity index (χ1) is 10.5. The molecule has 2 saturated carbocycles. The summed E-state index contributed by atoms with van der Waals surface area (Å²) in [6, 6.07) is 2.32. The second-order valence-corrected chi connectivity index (χ2v) is 7.16. The molecule has 1 heterocycles. The first-order valence-corrected chi connectivity index (χ1v) is 8.23. The Morgan fingerprint density at radius 2 is 1.88 bits per heavy atom. The molecule has 0 amide bonds. The van der Waals surface area contributed by atoms with Crippen LogP contribution in [0.4, 0.5) is 11.8 Å². The molecular formula is C16H29Cl2N5O. The molecule has 138 valence electrons. The highest BCUT2D eigenvalue weighted by Crippen LogP contribution is 2.39. The van der Waals surface area contributed by atoms with Crippen molar-refractivity contribution in [2.75, 3.05) is 30.8 Å². The number of aromatic nitrogens is 2. The van der Waals surface area contributed by atoms with Crippen LogP contribution in [-0.4, -0.2) is 41.3 Å². The van der Waals surface area contributed by atoms with Gasteiger partial charge in [0.15, 0.2) is 0 Å². The van der Waals surface area contributed by atoms with E-state index in [-0.39, 0.29) is 36.8 Å². The van der Waals surface area contributed by atoms with Gasteiger partial charge in [0.1, 0.15) is 5.82 Å². The van der Waals surface area contributed by atoms with Crippen molar-refractivity contribution in [3.05, 3.63) is 11.8 Å². The standard InChI is InChI=1S/C16H27N5O.2ClH/c1-21(9-16(10-22)4-2-3-5-16)14-8-13(19-15(18)20-14)11-6-12(17)7-11;;/h8,11-12,22H,2-7,9-10,17H2,1H3,(H2,18,19,20);2*1H. The van der Waals surface area contributed by atoms with Crippen molar-refractivity contribution in [3.8, 4) is 0 Å². The van der Waals surface area contributed by atoms with Gasteiger partial charge in [0.05, 0.1) is 12.3 Å². The van der Waals surface area contributed by atoms with Crippen molar-refractivity contribution < 1.29 is 5.11 Å². The first-order valence-electron chi connectivity index (χ1n) is 8.23. The molecule has 0 atom stereocenters. The number of anilines is 2. The molecule has 0 aliphatic heterocycles. The third kappa shape index (κ3) is 4.42. The van der Waals surface area contributed by atoms with Crippen molar-refractivity contribution in [3.63, 3.8) is 0 Å². The summed E-state index contributed by atoms with van der Waals surface area (Å²) in [5.74, 6) is 1.58. The van der Waals surface area contributed by atoms with Crippen molar-refractivity contribution >= 4 is 36.6 Å². The summed E-state index contributed by atoms with van der Waals surface area (Å²) in [6.45, 7) is 1.05. The maximum Gasteiger partial charge on any atom is 0.222 e. The largest absolute Gasteiger partial charge is 0.396 e. The second-order valence-electron chi connectivity index (χ2n) is 7.16. The number of hydrogen-bond acceptors (Lipinski definition) is 6. The molecule has 0 saturated heterocycles. The fraction of sp³-hybridized carbons (Fsp3) is 0.750. The molecule has 5 N–H and O–H groups in total. The summed E-state index contributed by atoms with van der Waals surface area (Å²) in [7, 11) is 2.02. The van der Waals surface area contributed by atoms with Crippen LogP contribution < -0.4 is 16.4 Å². The topological polar surface area (TPSA) is 101 Å². The van der Waals surface area contributed by atoms with Gasteiger partial charge in [0.25, 0.3) is 0 Å². The molecule has 0 unspecified atom stereocenters. The molecule has 1 aromatic heterocycles. The Hall–Kier alpha value is -0.820. The van der Waals surface area contributed by atoms with Crippen molar-refractivity contribution in [2.24, 2.45) is 11.1 Å². The van der Waals surface area contributed by atoms with Crippen LogP contribution in [0.5, 0.6) is 0 Å². The van der Waals surface area contributed by atoms with Crippen molar-refractivity contribution in [1.29, 1.82) is 0 Å². The fourth-order valence-electron chi connectivity index (χ4n) is 3.85. The van der Waals surface area contributed by atoms with Crippen LogP contribution in [0, 0.1) is 5.41 Å². The minimum Gasteiger partial charge on any atom is -0.396 e. The third-order valence-electron chi connectivity index (χ3n) is 5.31. The summed E-state index contributed by atoms with van der Waals surface area (Å²) in [5, 5.41) is 9.79. The number of nitrogen functional groups attached to an aromatic ring is 1. The third-order valence-corrected chi connectivity index (χ3v) is 5.31. The van der Waals surface area contributed by atoms with Crippen molar-refractivity contribution in [1.82, 2.24) is 9.97 Å². The summed E-state index contributed by atoms with van der Waals surface area (Å²) in [6.07, 6.45) is 6.51. The van der Waals surface area contributed by atoms with Crippen LogP contribution >= 0.6 is 24.8 Å². The van der Waals surface area contributed by atoms with Gasteiger partial charge in [-0.05, 0) is 25.7 Å². The van der Waals surface area contributed by atoms with Gasteiger partial charge in [0, 0.05) is 37.0 Å². The zero-order valence-electron chi connectivity index (χ0n) is 14.1. The van der Waals surface area contributed by atoms with E-state index in [0.717, 1.165) is 43.7 Å².